The Labute approximate surface area is 246 Å². The summed E-state index contributed by atoms with van der Waals surface area (Å²) >= 11 is 1.53. The number of aliphatic hydroxyl groups is 1. The summed E-state index contributed by atoms with van der Waals surface area (Å²) in [5.41, 5.74) is 6.93. The number of nitrogens with one attached hydrogen (secondary N) is 2. The molecule has 1 amide bonds. The van der Waals surface area contributed by atoms with Crippen LogP contribution in [0.3, 0.4) is 0 Å². The van der Waals surface area contributed by atoms with Gasteiger partial charge < -0.3 is 24.1 Å². The highest BCUT2D eigenvalue weighted by Gasteiger charge is 2.51. The van der Waals surface area contributed by atoms with Crippen molar-refractivity contribution in [3.05, 3.63) is 64.8 Å². The third-order valence-corrected chi connectivity index (χ3v) is 7.71. The number of hydrogen-bond acceptors (Lipinski definition) is 12. The van der Waals surface area contributed by atoms with E-state index in [1.54, 1.807) is 38.6 Å². The molecule has 1 aromatic carbocycles. The number of amides is 1. The number of aryl methyl sites for hydroxylation is 2. The van der Waals surface area contributed by atoms with Crippen molar-refractivity contribution < 1.29 is 28.8 Å². The van der Waals surface area contributed by atoms with E-state index in [2.05, 4.69) is 30.9 Å². The van der Waals surface area contributed by atoms with E-state index < -0.39 is 48.4 Å². The Morgan fingerprint density at radius 2 is 1.95 bits per heavy atom. The fourth-order valence-electron chi connectivity index (χ4n) is 5.08. The number of fused-ring (bicyclic) bond motifs is 2. The minimum Gasteiger partial charge on any atom is -0.443 e. The first-order chi connectivity index (χ1) is 20.1. The molecule has 4 aromatic rings. The van der Waals surface area contributed by atoms with Crippen molar-refractivity contribution in [2.45, 2.75) is 77.0 Å². The third-order valence-electron chi connectivity index (χ3n) is 6.80. The van der Waals surface area contributed by atoms with Gasteiger partial charge in [-0.15, -0.1) is 11.3 Å². The lowest BCUT2D eigenvalue weighted by atomic mass is 9.91. The molecule has 2 aliphatic heterocycles. The van der Waals surface area contributed by atoms with E-state index in [0.29, 0.717) is 23.0 Å². The van der Waals surface area contributed by atoms with Crippen LogP contribution in [0.1, 0.15) is 55.4 Å². The molecule has 0 radical (unpaired) electrons. The average molecular weight is 596 g/mol. The molecule has 5 heterocycles. The molecule has 222 valence electrons. The molecule has 3 aromatic heterocycles. The Morgan fingerprint density at radius 1 is 1.17 bits per heavy atom. The Bertz CT molecular complexity index is 1570. The van der Waals surface area contributed by atoms with Crippen molar-refractivity contribution in [1.82, 2.24) is 35.6 Å². The summed E-state index contributed by atoms with van der Waals surface area (Å²) in [6.45, 7) is 9.17. The maximum absolute atomic E-state index is 12.5. The van der Waals surface area contributed by atoms with Crippen LogP contribution in [0.25, 0.3) is 16.0 Å². The zero-order valence-electron chi connectivity index (χ0n) is 23.8. The second-order valence-electron chi connectivity index (χ2n) is 11.2. The quantitative estimate of drug-likeness (QED) is 0.291. The molecule has 6 rings (SSSR count). The number of carbonyl (C=O) groups excluding carboxylic acids is 1. The number of ether oxygens (including phenoxy) is 4. The molecule has 6 atom stereocenters. The van der Waals surface area contributed by atoms with Gasteiger partial charge in [-0.1, -0.05) is 30.3 Å². The van der Waals surface area contributed by atoms with Crippen LogP contribution in [0.5, 0.6) is 0 Å². The van der Waals surface area contributed by atoms with Gasteiger partial charge >= 0.3 is 6.09 Å². The molecule has 13 nitrogen and oxygen atoms in total. The lowest BCUT2D eigenvalue weighted by molar-refractivity contribution is -0.313. The summed E-state index contributed by atoms with van der Waals surface area (Å²) in [4.78, 5) is 26.1. The number of hydrazine groups is 1. The van der Waals surface area contributed by atoms with Crippen molar-refractivity contribution in [2.75, 3.05) is 6.61 Å². The van der Waals surface area contributed by atoms with Crippen molar-refractivity contribution in [3.63, 3.8) is 0 Å². The molecule has 14 heteroatoms. The van der Waals surface area contributed by atoms with E-state index in [1.807, 2.05) is 43.3 Å². The van der Waals surface area contributed by atoms with Gasteiger partial charge in [-0.05, 0) is 40.7 Å². The standard InChI is InChI=1S/C28H33N7O6S/c1-14-30-25(35(34-14)17-11-19-24(29-12-17)31-15(2)42-19)23-21(36)20(32-33-27(37)41-28(3,4)5)22-18(39-23)13-38-26(40-22)16-9-7-6-8-10-16/h6-12,18,20-23,26,32,36H,13H2,1-5H3,(H,33,37)/t18?,20?,21?,22-,23+,26?/m0/s1. The molecule has 0 saturated carbocycles. The highest BCUT2D eigenvalue weighted by molar-refractivity contribution is 7.18. The Balaban J connectivity index is 1.32. The number of carbonyl (C=O) groups is 1. The van der Waals surface area contributed by atoms with Crippen LogP contribution in [0.4, 0.5) is 4.79 Å². The Hall–Kier alpha value is -3.53. The van der Waals surface area contributed by atoms with Crippen LogP contribution < -0.4 is 10.9 Å². The lowest BCUT2D eigenvalue weighted by Crippen LogP contribution is -2.66. The van der Waals surface area contributed by atoms with Crippen molar-refractivity contribution >= 4 is 27.8 Å². The smallest absolute Gasteiger partial charge is 0.422 e. The summed E-state index contributed by atoms with van der Waals surface area (Å²) in [5.74, 6) is 0.857. The minimum atomic E-state index is -1.22. The number of aromatic nitrogens is 5. The van der Waals surface area contributed by atoms with Gasteiger partial charge in [0.15, 0.2) is 17.8 Å². The predicted octanol–water partition coefficient (Wildman–Crippen LogP) is 3.20. The monoisotopic (exact) mass is 595 g/mol. The number of benzene rings is 1. The van der Waals surface area contributed by atoms with E-state index in [9.17, 15) is 9.90 Å². The SMILES string of the molecule is Cc1nc([C@@H]2OC3COC(c4ccccc4)O[C@@H]3C(NNC(=O)OC(C)(C)C)C2O)n(-c2cnc3nc(C)sc3c2)n1. The molecule has 4 unspecified atom stereocenters. The van der Waals surface area contributed by atoms with E-state index >= 15 is 0 Å². The fourth-order valence-corrected chi connectivity index (χ4v) is 5.90. The number of thiazole rings is 1. The van der Waals surface area contributed by atoms with Gasteiger partial charge in [0.2, 0.25) is 0 Å². The maximum atomic E-state index is 12.5. The number of rotatable bonds is 5. The Kier molecular flexibility index (Phi) is 7.68. The van der Waals surface area contributed by atoms with Gasteiger partial charge in [0.05, 0.1) is 34.2 Å². The van der Waals surface area contributed by atoms with Crippen LogP contribution in [-0.2, 0) is 18.9 Å². The molecule has 0 aliphatic carbocycles. The molecular weight excluding hydrogens is 562 g/mol. The molecule has 2 aliphatic rings. The number of aliphatic hydroxyl groups excluding tert-OH is 1. The zero-order valence-corrected chi connectivity index (χ0v) is 24.7. The molecule has 0 spiro atoms. The predicted molar refractivity (Wildman–Crippen MR) is 152 cm³/mol. The third kappa shape index (κ3) is 5.86. The van der Waals surface area contributed by atoms with Gasteiger partial charge in [-0.3, -0.25) is 5.43 Å². The second-order valence-corrected chi connectivity index (χ2v) is 12.5. The fraction of sp³-hybridized carbons (Fsp3) is 0.464. The number of pyridine rings is 1. The van der Waals surface area contributed by atoms with Crippen molar-refractivity contribution in [1.29, 1.82) is 0 Å². The molecule has 3 N–H and O–H groups in total. The largest absolute Gasteiger partial charge is 0.443 e. The molecule has 2 fully saturated rings. The minimum absolute atomic E-state index is 0.179. The topological polar surface area (TPSA) is 155 Å². The second kappa shape index (κ2) is 11.3. The van der Waals surface area contributed by atoms with Crippen LogP contribution in [-0.4, -0.2) is 72.5 Å². The van der Waals surface area contributed by atoms with E-state index in [0.717, 1.165) is 15.3 Å². The van der Waals surface area contributed by atoms with E-state index in [4.69, 9.17) is 18.9 Å². The van der Waals surface area contributed by atoms with Crippen molar-refractivity contribution in [3.8, 4) is 5.69 Å². The molecular formula is C28H33N7O6S. The molecule has 42 heavy (non-hydrogen) atoms. The lowest BCUT2D eigenvalue weighted by Gasteiger charge is -2.48. The van der Waals surface area contributed by atoms with E-state index in [1.165, 1.54) is 11.3 Å². The Morgan fingerprint density at radius 3 is 2.71 bits per heavy atom. The average Bonchev–Trinajstić information content (AvgIpc) is 3.52. The summed E-state index contributed by atoms with van der Waals surface area (Å²) in [7, 11) is 0. The van der Waals surface area contributed by atoms with Gasteiger partial charge in [-0.2, -0.15) is 5.10 Å². The summed E-state index contributed by atoms with van der Waals surface area (Å²) in [5, 5.41) is 17.3. The highest BCUT2D eigenvalue weighted by atomic mass is 32.1. The first kappa shape index (κ1) is 28.6. The van der Waals surface area contributed by atoms with Crippen LogP contribution in [0.15, 0.2) is 42.6 Å². The van der Waals surface area contributed by atoms with Gasteiger partial charge in [0.25, 0.3) is 0 Å². The van der Waals surface area contributed by atoms with E-state index in [-0.39, 0.29) is 6.61 Å². The zero-order chi connectivity index (χ0) is 29.6. The van der Waals surface area contributed by atoms with Crippen LogP contribution in [0, 0.1) is 13.8 Å². The van der Waals surface area contributed by atoms with Crippen LogP contribution >= 0.6 is 11.3 Å². The summed E-state index contributed by atoms with van der Waals surface area (Å²) in [6, 6.07) is 10.6. The first-order valence-electron chi connectivity index (χ1n) is 13.6. The summed E-state index contributed by atoms with van der Waals surface area (Å²) < 4.78 is 26.7. The first-order valence-corrected chi connectivity index (χ1v) is 14.4. The molecule has 2 saturated heterocycles. The summed E-state index contributed by atoms with van der Waals surface area (Å²) in [6.07, 6.45) is -3.19. The molecule has 0 bridgehead atoms. The van der Waals surface area contributed by atoms with Crippen LogP contribution in [0.2, 0.25) is 0 Å². The van der Waals surface area contributed by atoms with Crippen molar-refractivity contribution in [2.24, 2.45) is 0 Å². The number of hydrogen-bond donors (Lipinski definition) is 3. The highest BCUT2D eigenvalue weighted by Crippen LogP contribution is 2.39. The number of nitrogens with zero attached hydrogens (tertiary/aromatic N) is 5. The van der Waals surface area contributed by atoms with Gasteiger partial charge in [-0.25, -0.2) is 29.9 Å². The maximum Gasteiger partial charge on any atom is 0.422 e. The van der Waals surface area contributed by atoms with Gasteiger partial charge in [0.1, 0.15) is 35.8 Å². The van der Waals surface area contributed by atoms with Gasteiger partial charge in [0, 0.05) is 5.56 Å². The normalized spacial score (nSPS) is 26.1.